The number of aliphatic hydroxyl groups is 1. The van der Waals surface area contributed by atoms with Crippen molar-refractivity contribution in [3.8, 4) is 5.75 Å². The van der Waals surface area contributed by atoms with E-state index < -0.39 is 0 Å². The van der Waals surface area contributed by atoms with Gasteiger partial charge in [0.1, 0.15) is 11.9 Å². The van der Waals surface area contributed by atoms with Crippen LogP contribution in [0, 0.1) is 6.92 Å². The smallest absolute Gasteiger partial charge is 0.127 e. The van der Waals surface area contributed by atoms with Gasteiger partial charge < -0.3 is 15.2 Å². The van der Waals surface area contributed by atoms with Crippen molar-refractivity contribution in [1.82, 2.24) is 5.32 Å². The Kier molecular flexibility index (Phi) is 2.32. The van der Waals surface area contributed by atoms with Gasteiger partial charge in [-0.15, -0.1) is 0 Å². The molecule has 0 fully saturated rings. The lowest BCUT2D eigenvalue weighted by atomic mass is 9.69. The molecule has 1 spiro atoms. The van der Waals surface area contributed by atoms with E-state index >= 15 is 0 Å². The fourth-order valence-electron chi connectivity index (χ4n) is 3.86. The lowest BCUT2D eigenvalue weighted by Crippen LogP contribution is -2.42. The third kappa shape index (κ3) is 1.46. The summed E-state index contributed by atoms with van der Waals surface area (Å²) in [6, 6.07) is 4.37. The number of benzene rings is 1. The number of hydrogen-bond donors (Lipinski definition) is 2. The van der Waals surface area contributed by atoms with E-state index in [-0.39, 0.29) is 17.6 Å². The predicted molar refractivity (Wildman–Crippen MR) is 73.4 cm³/mol. The highest BCUT2D eigenvalue weighted by Gasteiger charge is 2.51. The van der Waals surface area contributed by atoms with Crippen molar-refractivity contribution >= 4 is 0 Å². The number of nitrogens with one attached hydrogen (secondary N) is 1. The lowest BCUT2D eigenvalue weighted by molar-refractivity contribution is 0.0863. The van der Waals surface area contributed by atoms with Gasteiger partial charge in [-0.3, -0.25) is 0 Å². The Morgan fingerprint density at radius 1 is 1.42 bits per heavy atom. The molecule has 0 radical (unpaired) electrons. The van der Waals surface area contributed by atoms with Gasteiger partial charge in [-0.25, -0.2) is 0 Å². The zero-order valence-electron chi connectivity index (χ0n) is 11.1. The molecular formula is C16H19NO2. The molecule has 19 heavy (non-hydrogen) atoms. The maximum Gasteiger partial charge on any atom is 0.127 e. The molecule has 3 atom stereocenters. The Hall–Kier alpha value is -1.32. The van der Waals surface area contributed by atoms with Gasteiger partial charge in [-0.1, -0.05) is 24.3 Å². The van der Waals surface area contributed by atoms with Crippen molar-refractivity contribution in [3.63, 3.8) is 0 Å². The molecule has 100 valence electrons. The molecule has 0 amide bonds. The molecular weight excluding hydrogens is 238 g/mol. The minimum atomic E-state index is -0.370. The van der Waals surface area contributed by atoms with Crippen LogP contribution in [-0.2, 0) is 12.0 Å². The second kappa shape index (κ2) is 3.84. The number of hydrogen-bond acceptors (Lipinski definition) is 3. The van der Waals surface area contributed by atoms with Crippen LogP contribution in [0.25, 0.3) is 0 Å². The summed E-state index contributed by atoms with van der Waals surface area (Å²) in [4.78, 5) is 0. The summed E-state index contributed by atoms with van der Waals surface area (Å²) >= 11 is 0. The maximum atomic E-state index is 9.89. The highest BCUT2D eigenvalue weighted by molar-refractivity contribution is 5.57. The summed E-state index contributed by atoms with van der Waals surface area (Å²) in [7, 11) is 0. The fourth-order valence-corrected chi connectivity index (χ4v) is 3.86. The van der Waals surface area contributed by atoms with Crippen molar-refractivity contribution in [2.24, 2.45) is 0 Å². The Bertz CT molecular complexity index is 566. The number of aryl methyl sites for hydroxylation is 1. The van der Waals surface area contributed by atoms with E-state index in [0.717, 1.165) is 25.3 Å². The summed E-state index contributed by atoms with van der Waals surface area (Å²) in [5.74, 6) is 1.06. The van der Waals surface area contributed by atoms with E-state index in [1.54, 1.807) is 0 Å². The summed E-state index contributed by atoms with van der Waals surface area (Å²) in [5, 5.41) is 13.4. The van der Waals surface area contributed by atoms with Crippen molar-refractivity contribution in [1.29, 1.82) is 0 Å². The molecule has 2 heterocycles. The average Bonchev–Trinajstić information content (AvgIpc) is 2.61. The zero-order chi connectivity index (χ0) is 13.0. The Balaban J connectivity index is 1.98. The van der Waals surface area contributed by atoms with Gasteiger partial charge in [0.2, 0.25) is 0 Å². The van der Waals surface area contributed by atoms with E-state index in [1.165, 1.54) is 16.7 Å². The molecule has 3 nitrogen and oxygen atoms in total. The second-order valence-electron chi connectivity index (χ2n) is 5.98. The van der Waals surface area contributed by atoms with Gasteiger partial charge in [0.05, 0.1) is 11.5 Å². The summed E-state index contributed by atoms with van der Waals surface area (Å²) in [6.45, 7) is 4.02. The SMILES string of the molecule is Cc1ccc2c3c1OC1C[C@@H](O)C=CC31CCNC2. The highest BCUT2D eigenvalue weighted by atomic mass is 16.5. The van der Waals surface area contributed by atoms with Gasteiger partial charge in [0, 0.05) is 18.5 Å². The third-order valence-electron chi connectivity index (χ3n) is 4.84. The molecule has 4 rings (SSSR count). The number of aliphatic hydroxyl groups excluding tert-OH is 1. The Labute approximate surface area is 113 Å². The fraction of sp³-hybridized carbons (Fsp3) is 0.500. The van der Waals surface area contributed by atoms with Crippen molar-refractivity contribution < 1.29 is 9.84 Å². The molecule has 1 aromatic carbocycles. The van der Waals surface area contributed by atoms with Crippen LogP contribution in [-0.4, -0.2) is 23.9 Å². The van der Waals surface area contributed by atoms with E-state index in [0.29, 0.717) is 6.42 Å². The van der Waals surface area contributed by atoms with Crippen molar-refractivity contribution in [2.75, 3.05) is 6.54 Å². The first-order chi connectivity index (χ1) is 9.21. The molecule has 3 heteroatoms. The molecule has 0 bridgehead atoms. The van der Waals surface area contributed by atoms with Crippen LogP contribution < -0.4 is 10.1 Å². The molecule has 2 unspecified atom stereocenters. The molecule has 0 aromatic heterocycles. The minimum Gasteiger partial charge on any atom is -0.488 e. The molecule has 1 aromatic rings. The standard InChI is InChI=1S/C16H19NO2/c1-10-2-3-11-9-17-7-6-16-5-4-12(18)8-13(16)19-15(10)14(11)16/h2-5,12-13,17-18H,6-9H2,1H3/t12-,13?,16?/m0/s1. The van der Waals surface area contributed by atoms with Crippen LogP contribution in [0.15, 0.2) is 24.3 Å². The van der Waals surface area contributed by atoms with Crippen molar-refractivity contribution in [3.05, 3.63) is 41.0 Å². The molecule has 3 aliphatic rings. The van der Waals surface area contributed by atoms with Crippen LogP contribution >= 0.6 is 0 Å². The van der Waals surface area contributed by atoms with Gasteiger partial charge in [0.15, 0.2) is 0 Å². The van der Waals surface area contributed by atoms with Gasteiger partial charge >= 0.3 is 0 Å². The van der Waals surface area contributed by atoms with E-state index in [2.05, 4.69) is 30.4 Å². The highest BCUT2D eigenvalue weighted by Crippen LogP contribution is 2.52. The Morgan fingerprint density at radius 2 is 2.32 bits per heavy atom. The molecule has 0 saturated carbocycles. The molecule has 2 aliphatic heterocycles. The zero-order valence-corrected chi connectivity index (χ0v) is 11.1. The van der Waals surface area contributed by atoms with E-state index in [4.69, 9.17) is 4.74 Å². The van der Waals surface area contributed by atoms with Gasteiger partial charge in [0.25, 0.3) is 0 Å². The second-order valence-corrected chi connectivity index (χ2v) is 5.98. The first-order valence-electron chi connectivity index (χ1n) is 7.08. The third-order valence-corrected chi connectivity index (χ3v) is 4.84. The first kappa shape index (κ1) is 11.5. The normalized spacial score (nSPS) is 35.3. The molecule has 1 aliphatic carbocycles. The average molecular weight is 257 g/mol. The largest absolute Gasteiger partial charge is 0.488 e. The van der Waals surface area contributed by atoms with E-state index in [1.807, 2.05) is 6.08 Å². The van der Waals surface area contributed by atoms with Crippen LogP contribution in [0.3, 0.4) is 0 Å². The minimum absolute atomic E-state index is 0.0284. The summed E-state index contributed by atoms with van der Waals surface area (Å²) < 4.78 is 6.24. The van der Waals surface area contributed by atoms with Crippen molar-refractivity contribution in [2.45, 2.75) is 43.9 Å². The monoisotopic (exact) mass is 257 g/mol. The van der Waals surface area contributed by atoms with E-state index in [9.17, 15) is 5.11 Å². The number of rotatable bonds is 0. The maximum absolute atomic E-state index is 9.89. The van der Waals surface area contributed by atoms with Crippen LogP contribution in [0.1, 0.15) is 29.5 Å². The quantitative estimate of drug-likeness (QED) is 0.696. The van der Waals surface area contributed by atoms with Gasteiger partial charge in [-0.2, -0.15) is 0 Å². The molecule has 2 N–H and O–H groups in total. The predicted octanol–water partition coefficient (Wildman–Crippen LogP) is 1.81. The summed E-state index contributed by atoms with van der Waals surface area (Å²) in [5.41, 5.74) is 3.89. The van der Waals surface area contributed by atoms with Crippen LogP contribution in [0.5, 0.6) is 5.75 Å². The van der Waals surface area contributed by atoms with Crippen LogP contribution in [0.2, 0.25) is 0 Å². The van der Waals surface area contributed by atoms with Crippen LogP contribution in [0.4, 0.5) is 0 Å². The topological polar surface area (TPSA) is 41.5 Å². The lowest BCUT2D eigenvalue weighted by Gasteiger charge is -2.35. The Morgan fingerprint density at radius 3 is 3.21 bits per heavy atom. The van der Waals surface area contributed by atoms with Gasteiger partial charge in [-0.05, 0) is 31.0 Å². The first-order valence-corrected chi connectivity index (χ1v) is 7.08. The summed E-state index contributed by atoms with van der Waals surface area (Å²) in [6.07, 6.45) is 5.61. The molecule has 0 saturated heterocycles. The number of ether oxygens (including phenoxy) is 1.